The van der Waals surface area contributed by atoms with Gasteiger partial charge in [-0.3, -0.25) is 9.59 Å². The molecule has 3 aromatic carbocycles. The van der Waals surface area contributed by atoms with Gasteiger partial charge in [0.1, 0.15) is 0 Å². The van der Waals surface area contributed by atoms with E-state index in [2.05, 4.69) is 0 Å². The van der Waals surface area contributed by atoms with E-state index in [1.807, 2.05) is 48.5 Å². The maximum Gasteiger partial charge on any atom is 0.193 e. The SMILES string of the molecule is NC1CCc2cc(C(=O)c3ccccc3)c(C(=O)c3ccccc3)cc2C1. The van der Waals surface area contributed by atoms with Crippen molar-refractivity contribution in [3.8, 4) is 0 Å². The largest absolute Gasteiger partial charge is 0.327 e. The lowest BCUT2D eigenvalue weighted by molar-refractivity contribution is 0.100. The van der Waals surface area contributed by atoms with E-state index < -0.39 is 0 Å². The van der Waals surface area contributed by atoms with Gasteiger partial charge in [-0.15, -0.1) is 0 Å². The average molecular weight is 355 g/mol. The maximum absolute atomic E-state index is 13.2. The van der Waals surface area contributed by atoms with Crippen LogP contribution in [-0.4, -0.2) is 17.6 Å². The Morgan fingerprint density at radius 2 is 1.22 bits per heavy atom. The number of rotatable bonds is 4. The molecule has 27 heavy (non-hydrogen) atoms. The Labute approximate surface area is 158 Å². The van der Waals surface area contributed by atoms with Gasteiger partial charge < -0.3 is 5.73 Å². The molecule has 0 amide bonds. The fraction of sp³-hybridized carbons (Fsp3) is 0.167. The summed E-state index contributed by atoms with van der Waals surface area (Å²) in [6.45, 7) is 0. The molecule has 0 fully saturated rings. The van der Waals surface area contributed by atoms with Crippen molar-refractivity contribution >= 4 is 11.6 Å². The maximum atomic E-state index is 13.2. The van der Waals surface area contributed by atoms with E-state index in [1.54, 1.807) is 24.3 Å². The molecule has 3 heteroatoms. The first-order valence-corrected chi connectivity index (χ1v) is 9.24. The second-order valence-electron chi connectivity index (χ2n) is 7.06. The molecule has 0 saturated carbocycles. The van der Waals surface area contributed by atoms with Crippen LogP contribution < -0.4 is 5.73 Å². The first-order valence-electron chi connectivity index (χ1n) is 9.24. The molecule has 0 bridgehead atoms. The highest BCUT2D eigenvalue weighted by atomic mass is 16.1. The quantitative estimate of drug-likeness (QED) is 0.721. The highest BCUT2D eigenvalue weighted by Crippen LogP contribution is 2.28. The van der Waals surface area contributed by atoms with Crippen LogP contribution in [0.5, 0.6) is 0 Å². The van der Waals surface area contributed by atoms with Gasteiger partial charge in [-0.05, 0) is 42.5 Å². The lowest BCUT2D eigenvalue weighted by Gasteiger charge is -2.23. The Morgan fingerprint density at radius 3 is 1.74 bits per heavy atom. The summed E-state index contributed by atoms with van der Waals surface area (Å²) in [6, 6.07) is 22.1. The molecule has 3 nitrogen and oxygen atoms in total. The van der Waals surface area contributed by atoms with Crippen molar-refractivity contribution in [2.45, 2.75) is 25.3 Å². The summed E-state index contributed by atoms with van der Waals surface area (Å²) in [5.41, 5.74) is 10.4. The molecule has 0 heterocycles. The molecule has 0 aliphatic heterocycles. The molecule has 3 aromatic rings. The van der Waals surface area contributed by atoms with Gasteiger partial charge >= 0.3 is 0 Å². The number of benzene rings is 3. The summed E-state index contributed by atoms with van der Waals surface area (Å²) in [4.78, 5) is 26.4. The predicted molar refractivity (Wildman–Crippen MR) is 106 cm³/mol. The number of fused-ring (bicyclic) bond motifs is 1. The van der Waals surface area contributed by atoms with Gasteiger partial charge in [0.05, 0.1) is 0 Å². The number of nitrogens with two attached hydrogens (primary N) is 1. The van der Waals surface area contributed by atoms with Crippen molar-refractivity contribution in [1.82, 2.24) is 0 Å². The molecule has 2 N–H and O–H groups in total. The van der Waals surface area contributed by atoms with Crippen LogP contribution in [-0.2, 0) is 12.8 Å². The molecule has 1 aliphatic rings. The van der Waals surface area contributed by atoms with Crippen LogP contribution in [0.1, 0.15) is 49.4 Å². The standard InChI is InChI=1S/C24H21NO2/c25-20-12-11-18-14-21(23(26)16-7-3-1-4-8-16)22(15-19(18)13-20)24(27)17-9-5-2-6-10-17/h1-10,14-15,20H,11-13,25H2. The Balaban J connectivity index is 1.86. The van der Waals surface area contributed by atoms with Gasteiger partial charge in [0.15, 0.2) is 11.6 Å². The zero-order valence-corrected chi connectivity index (χ0v) is 15.0. The Bertz CT molecular complexity index is 994. The minimum Gasteiger partial charge on any atom is -0.327 e. The average Bonchev–Trinajstić information content (AvgIpc) is 2.73. The number of hydrogen-bond acceptors (Lipinski definition) is 3. The first-order chi connectivity index (χ1) is 13.1. The number of carbonyl (C=O) groups excluding carboxylic acids is 2. The summed E-state index contributed by atoms with van der Waals surface area (Å²) in [7, 11) is 0. The van der Waals surface area contributed by atoms with Gasteiger partial charge in [0, 0.05) is 28.3 Å². The molecule has 0 saturated heterocycles. The zero-order valence-electron chi connectivity index (χ0n) is 15.0. The highest BCUT2D eigenvalue weighted by molar-refractivity contribution is 6.19. The van der Waals surface area contributed by atoms with Crippen LogP contribution >= 0.6 is 0 Å². The van der Waals surface area contributed by atoms with Crippen LogP contribution in [0.15, 0.2) is 72.8 Å². The summed E-state index contributed by atoms with van der Waals surface area (Å²) >= 11 is 0. The molecule has 134 valence electrons. The predicted octanol–water partition coefficient (Wildman–Crippen LogP) is 3.96. The second-order valence-corrected chi connectivity index (χ2v) is 7.06. The molecule has 1 unspecified atom stereocenters. The highest BCUT2D eigenvalue weighted by Gasteiger charge is 2.24. The lowest BCUT2D eigenvalue weighted by atomic mass is 9.83. The summed E-state index contributed by atoms with van der Waals surface area (Å²) < 4.78 is 0. The monoisotopic (exact) mass is 355 g/mol. The topological polar surface area (TPSA) is 60.2 Å². The number of aryl methyl sites for hydroxylation is 1. The van der Waals surface area contributed by atoms with E-state index in [4.69, 9.17) is 5.73 Å². The Hall–Kier alpha value is -3.04. The van der Waals surface area contributed by atoms with Crippen LogP contribution in [0, 0.1) is 0 Å². The molecule has 0 aromatic heterocycles. The Kier molecular flexibility index (Phi) is 4.69. The summed E-state index contributed by atoms with van der Waals surface area (Å²) in [6.07, 6.45) is 2.48. The summed E-state index contributed by atoms with van der Waals surface area (Å²) in [5, 5.41) is 0. The van der Waals surface area contributed by atoms with E-state index >= 15 is 0 Å². The molecular weight excluding hydrogens is 334 g/mol. The van der Waals surface area contributed by atoms with Gasteiger partial charge in [0.25, 0.3) is 0 Å². The van der Waals surface area contributed by atoms with Gasteiger partial charge in [-0.2, -0.15) is 0 Å². The third-order valence-corrected chi connectivity index (χ3v) is 5.17. The molecule has 0 spiro atoms. The van der Waals surface area contributed by atoms with Crippen molar-refractivity contribution in [1.29, 1.82) is 0 Å². The Morgan fingerprint density at radius 1 is 0.741 bits per heavy atom. The van der Waals surface area contributed by atoms with Gasteiger partial charge in [0.2, 0.25) is 0 Å². The normalized spacial score (nSPS) is 15.8. The van der Waals surface area contributed by atoms with Crippen molar-refractivity contribution < 1.29 is 9.59 Å². The van der Waals surface area contributed by atoms with Gasteiger partial charge in [-0.1, -0.05) is 60.7 Å². The molecular formula is C24H21NO2. The van der Waals surface area contributed by atoms with E-state index in [0.29, 0.717) is 22.3 Å². The molecule has 4 rings (SSSR count). The van der Waals surface area contributed by atoms with Crippen molar-refractivity contribution in [3.63, 3.8) is 0 Å². The van der Waals surface area contributed by atoms with Crippen molar-refractivity contribution in [2.24, 2.45) is 5.73 Å². The van der Waals surface area contributed by atoms with Crippen molar-refractivity contribution in [3.05, 3.63) is 106 Å². The van der Waals surface area contributed by atoms with E-state index in [9.17, 15) is 9.59 Å². The number of hydrogen-bond donors (Lipinski definition) is 1. The fourth-order valence-corrected chi connectivity index (χ4v) is 3.70. The molecule has 0 radical (unpaired) electrons. The van der Waals surface area contributed by atoms with Crippen LogP contribution in [0.3, 0.4) is 0 Å². The molecule has 1 aliphatic carbocycles. The van der Waals surface area contributed by atoms with E-state index in [0.717, 1.165) is 30.4 Å². The molecule has 1 atom stereocenters. The van der Waals surface area contributed by atoms with E-state index in [1.165, 1.54) is 0 Å². The van der Waals surface area contributed by atoms with Crippen LogP contribution in [0.2, 0.25) is 0 Å². The second kappa shape index (κ2) is 7.29. The van der Waals surface area contributed by atoms with Gasteiger partial charge in [-0.25, -0.2) is 0 Å². The number of ketones is 2. The smallest absolute Gasteiger partial charge is 0.193 e. The van der Waals surface area contributed by atoms with E-state index in [-0.39, 0.29) is 17.6 Å². The minimum absolute atomic E-state index is 0.104. The summed E-state index contributed by atoms with van der Waals surface area (Å²) in [5.74, 6) is -0.246. The first kappa shape index (κ1) is 17.4. The lowest BCUT2D eigenvalue weighted by Crippen LogP contribution is -2.28. The fourth-order valence-electron chi connectivity index (χ4n) is 3.70. The number of carbonyl (C=O) groups is 2. The third-order valence-electron chi connectivity index (χ3n) is 5.17. The van der Waals surface area contributed by atoms with Crippen LogP contribution in [0.25, 0.3) is 0 Å². The zero-order chi connectivity index (χ0) is 18.8. The van der Waals surface area contributed by atoms with Crippen LogP contribution in [0.4, 0.5) is 0 Å². The third kappa shape index (κ3) is 3.46. The van der Waals surface area contributed by atoms with Crippen molar-refractivity contribution in [2.75, 3.05) is 0 Å². The minimum atomic E-state index is -0.128.